The molecule has 0 unspecified atom stereocenters. The number of hydrogen-bond acceptors (Lipinski definition) is 1. The molecule has 2 N–H and O–H groups in total. The third-order valence-electron chi connectivity index (χ3n) is 2.83. The average molecular weight is 287 g/mol. The van der Waals surface area contributed by atoms with Crippen molar-refractivity contribution in [1.29, 1.82) is 0 Å². The van der Waals surface area contributed by atoms with Gasteiger partial charge in [-0.15, -0.1) is 0 Å². The topological polar surface area (TPSA) is 26.0 Å². The molecule has 6 heteroatoms. The van der Waals surface area contributed by atoms with E-state index in [4.69, 9.17) is 5.73 Å². The Bertz CT molecular complexity index is 614. The van der Waals surface area contributed by atoms with Crippen LogP contribution in [0.1, 0.15) is 11.1 Å². The molecule has 2 aromatic rings. The fourth-order valence-electron chi connectivity index (χ4n) is 1.92. The van der Waals surface area contributed by atoms with E-state index in [1.54, 1.807) is 0 Å². The molecule has 0 bridgehead atoms. The fourth-order valence-corrected chi connectivity index (χ4v) is 1.92. The minimum atomic E-state index is -4.57. The molecular formula is C14H10F5N. The molecule has 0 saturated carbocycles. The van der Waals surface area contributed by atoms with Gasteiger partial charge in [0.15, 0.2) is 0 Å². The van der Waals surface area contributed by atoms with Crippen molar-refractivity contribution in [3.8, 4) is 11.1 Å². The lowest BCUT2D eigenvalue weighted by Crippen LogP contribution is -2.12. The lowest BCUT2D eigenvalue weighted by atomic mass is 9.98. The van der Waals surface area contributed by atoms with Gasteiger partial charge in [-0.3, -0.25) is 0 Å². The normalized spacial score (nSPS) is 11.7. The van der Waals surface area contributed by atoms with Crippen LogP contribution in [-0.4, -0.2) is 0 Å². The number of benzene rings is 2. The Morgan fingerprint density at radius 2 is 1.45 bits per heavy atom. The maximum absolute atomic E-state index is 13.1. The van der Waals surface area contributed by atoms with E-state index in [1.807, 2.05) is 0 Å². The Morgan fingerprint density at radius 3 is 1.95 bits per heavy atom. The number of halogens is 5. The van der Waals surface area contributed by atoms with Gasteiger partial charge in [0, 0.05) is 12.6 Å². The summed E-state index contributed by atoms with van der Waals surface area (Å²) in [4.78, 5) is 0. The molecule has 0 fully saturated rings. The van der Waals surface area contributed by atoms with Crippen LogP contribution in [-0.2, 0) is 12.7 Å². The van der Waals surface area contributed by atoms with Gasteiger partial charge in [0.05, 0.1) is 5.56 Å². The van der Waals surface area contributed by atoms with E-state index in [-0.39, 0.29) is 23.2 Å². The second-order valence-corrected chi connectivity index (χ2v) is 4.23. The highest BCUT2D eigenvalue weighted by Crippen LogP contribution is 2.35. The predicted octanol–water partition coefficient (Wildman–Crippen LogP) is 4.11. The van der Waals surface area contributed by atoms with Crippen molar-refractivity contribution >= 4 is 0 Å². The van der Waals surface area contributed by atoms with E-state index in [0.717, 1.165) is 18.2 Å². The van der Waals surface area contributed by atoms with Crippen molar-refractivity contribution in [3.63, 3.8) is 0 Å². The largest absolute Gasteiger partial charge is 0.416 e. The zero-order valence-corrected chi connectivity index (χ0v) is 10.1. The van der Waals surface area contributed by atoms with Gasteiger partial charge in [0.2, 0.25) is 0 Å². The predicted molar refractivity (Wildman–Crippen MR) is 64.7 cm³/mol. The molecule has 0 heterocycles. The maximum Gasteiger partial charge on any atom is 0.416 e. The summed E-state index contributed by atoms with van der Waals surface area (Å²) in [7, 11) is 0. The third kappa shape index (κ3) is 2.96. The summed E-state index contributed by atoms with van der Waals surface area (Å²) in [6.45, 7) is -0.271. The monoisotopic (exact) mass is 287 g/mol. The SMILES string of the molecule is NCc1ccc(-c2cc(F)cc(F)c2)cc1C(F)(F)F. The Morgan fingerprint density at radius 1 is 0.850 bits per heavy atom. The van der Waals surface area contributed by atoms with E-state index in [1.165, 1.54) is 12.1 Å². The molecule has 0 aliphatic rings. The first kappa shape index (κ1) is 14.5. The van der Waals surface area contributed by atoms with Gasteiger partial charge in [-0.25, -0.2) is 8.78 Å². The second-order valence-electron chi connectivity index (χ2n) is 4.23. The van der Waals surface area contributed by atoms with E-state index in [9.17, 15) is 22.0 Å². The van der Waals surface area contributed by atoms with Crippen LogP contribution < -0.4 is 5.73 Å². The van der Waals surface area contributed by atoms with Crippen molar-refractivity contribution in [3.05, 3.63) is 59.2 Å². The lowest BCUT2D eigenvalue weighted by molar-refractivity contribution is -0.138. The van der Waals surface area contributed by atoms with Gasteiger partial charge in [-0.2, -0.15) is 13.2 Å². The molecule has 0 radical (unpaired) electrons. The fraction of sp³-hybridized carbons (Fsp3) is 0.143. The van der Waals surface area contributed by atoms with Gasteiger partial charge in [0.1, 0.15) is 11.6 Å². The molecule has 0 aliphatic carbocycles. The highest BCUT2D eigenvalue weighted by atomic mass is 19.4. The Balaban J connectivity index is 2.58. The van der Waals surface area contributed by atoms with Gasteiger partial charge in [-0.05, 0) is 34.9 Å². The zero-order chi connectivity index (χ0) is 14.9. The highest BCUT2D eigenvalue weighted by Gasteiger charge is 2.33. The van der Waals surface area contributed by atoms with E-state index in [2.05, 4.69) is 0 Å². The first-order valence-corrected chi connectivity index (χ1v) is 5.68. The molecule has 106 valence electrons. The number of hydrogen-bond donors (Lipinski definition) is 1. The van der Waals surface area contributed by atoms with Gasteiger partial charge in [0.25, 0.3) is 0 Å². The number of rotatable bonds is 2. The summed E-state index contributed by atoms with van der Waals surface area (Å²) >= 11 is 0. The Kier molecular flexibility index (Phi) is 3.76. The van der Waals surface area contributed by atoms with Crippen LogP contribution in [0.4, 0.5) is 22.0 Å². The molecule has 2 aromatic carbocycles. The average Bonchev–Trinajstić information content (AvgIpc) is 2.35. The van der Waals surface area contributed by atoms with E-state index >= 15 is 0 Å². The van der Waals surface area contributed by atoms with Crippen molar-refractivity contribution < 1.29 is 22.0 Å². The Hall–Kier alpha value is -1.95. The number of alkyl halides is 3. The smallest absolute Gasteiger partial charge is 0.326 e. The summed E-state index contributed by atoms with van der Waals surface area (Å²) in [5, 5.41) is 0. The van der Waals surface area contributed by atoms with Crippen LogP contribution in [0.25, 0.3) is 11.1 Å². The Labute approximate surface area is 111 Å². The summed E-state index contributed by atoms with van der Waals surface area (Å²) in [5.41, 5.74) is 4.41. The van der Waals surface area contributed by atoms with Gasteiger partial charge >= 0.3 is 6.18 Å². The lowest BCUT2D eigenvalue weighted by Gasteiger charge is -2.13. The second kappa shape index (κ2) is 5.20. The van der Waals surface area contributed by atoms with Crippen molar-refractivity contribution in [2.24, 2.45) is 5.73 Å². The van der Waals surface area contributed by atoms with Crippen LogP contribution in [0, 0.1) is 11.6 Å². The first-order valence-electron chi connectivity index (χ1n) is 5.68. The minimum Gasteiger partial charge on any atom is -0.326 e. The van der Waals surface area contributed by atoms with Crippen molar-refractivity contribution in [1.82, 2.24) is 0 Å². The van der Waals surface area contributed by atoms with Crippen LogP contribution in [0.5, 0.6) is 0 Å². The summed E-state index contributed by atoms with van der Waals surface area (Å²) in [6, 6.07) is 6.01. The summed E-state index contributed by atoms with van der Waals surface area (Å²) in [5.74, 6) is -1.70. The highest BCUT2D eigenvalue weighted by molar-refractivity contribution is 5.65. The molecule has 0 aromatic heterocycles. The molecule has 0 saturated heterocycles. The zero-order valence-electron chi connectivity index (χ0n) is 10.1. The molecule has 0 atom stereocenters. The summed E-state index contributed by atoms with van der Waals surface area (Å²) < 4.78 is 64.9. The van der Waals surface area contributed by atoms with Gasteiger partial charge in [-0.1, -0.05) is 12.1 Å². The molecule has 0 aliphatic heterocycles. The third-order valence-corrected chi connectivity index (χ3v) is 2.83. The van der Waals surface area contributed by atoms with Crippen LogP contribution in [0.3, 0.4) is 0 Å². The van der Waals surface area contributed by atoms with Gasteiger partial charge < -0.3 is 5.73 Å². The van der Waals surface area contributed by atoms with Crippen molar-refractivity contribution in [2.75, 3.05) is 0 Å². The van der Waals surface area contributed by atoms with Crippen LogP contribution >= 0.6 is 0 Å². The minimum absolute atomic E-state index is 0.0385. The summed E-state index contributed by atoms with van der Waals surface area (Å²) in [6.07, 6.45) is -4.57. The molecule has 1 nitrogen and oxygen atoms in total. The first-order chi connectivity index (χ1) is 9.31. The van der Waals surface area contributed by atoms with E-state index in [0.29, 0.717) is 6.07 Å². The molecular weight excluding hydrogens is 277 g/mol. The molecule has 0 amide bonds. The molecule has 2 rings (SSSR count). The maximum atomic E-state index is 13.1. The van der Waals surface area contributed by atoms with Crippen molar-refractivity contribution in [2.45, 2.75) is 12.7 Å². The van der Waals surface area contributed by atoms with Crippen LogP contribution in [0.15, 0.2) is 36.4 Å². The number of nitrogens with two attached hydrogens (primary N) is 1. The quantitative estimate of drug-likeness (QED) is 0.826. The van der Waals surface area contributed by atoms with E-state index < -0.39 is 23.4 Å². The molecule has 20 heavy (non-hydrogen) atoms. The standard InChI is InChI=1S/C14H10F5N/c15-11-3-10(4-12(16)6-11)8-1-2-9(7-20)13(5-8)14(17,18)19/h1-6H,7,20H2. The van der Waals surface area contributed by atoms with Crippen LogP contribution in [0.2, 0.25) is 0 Å². The molecule has 0 spiro atoms.